The van der Waals surface area contributed by atoms with Crippen molar-refractivity contribution in [3.63, 3.8) is 0 Å². The first-order chi connectivity index (χ1) is 17.3. The number of aromatic nitrogens is 2. The van der Waals surface area contributed by atoms with Gasteiger partial charge >= 0.3 is 6.03 Å². The van der Waals surface area contributed by atoms with E-state index < -0.39 is 10.0 Å². The summed E-state index contributed by atoms with van der Waals surface area (Å²) in [7, 11) is -3.72. The van der Waals surface area contributed by atoms with Gasteiger partial charge in [-0.25, -0.2) is 23.3 Å². The molecular weight excluding hydrogens is 478 g/mol. The minimum Gasteiger partial charge on any atom is -0.366 e. The summed E-state index contributed by atoms with van der Waals surface area (Å²) in [5.74, 6) is 1.62. The Kier molecular flexibility index (Phi) is 6.75. The number of carbonyl (C=O) groups is 1. The molecule has 1 saturated heterocycles. The topological polar surface area (TPSA) is 142 Å². The Hall–Kier alpha value is -3.70. The molecule has 0 radical (unpaired) electrons. The second-order valence-electron chi connectivity index (χ2n) is 9.14. The van der Waals surface area contributed by atoms with Crippen molar-refractivity contribution in [2.75, 3.05) is 29.0 Å². The molecule has 5 rings (SSSR count). The third kappa shape index (κ3) is 5.92. The molecule has 2 amide bonds. The molecule has 1 aliphatic carbocycles. The zero-order valence-electron chi connectivity index (χ0n) is 19.8. The summed E-state index contributed by atoms with van der Waals surface area (Å²) < 4.78 is 23.0. The molecule has 2 fully saturated rings. The molecule has 2 heterocycles. The zero-order chi connectivity index (χ0) is 25.1. The quantitative estimate of drug-likeness (QED) is 0.361. The van der Waals surface area contributed by atoms with Gasteiger partial charge in [0.1, 0.15) is 5.82 Å². The number of rotatable bonds is 8. The van der Waals surface area contributed by atoms with Gasteiger partial charge in [0, 0.05) is 42.8 Å². The number of nitrogens with zero attached hydrogens (tertiary/aromatic N) is 3. The van der Waals surface area contributed by atoms with Crippen molar-refractivity contribution in [1.29, 1.82) is 0 Å². The Morgan fingerprint density at radius 3 is 2.47 bits per heavy atom. The predicted molar refractivity (Wildman–Crippen MR) is 139 cm³/mol. The fraction of sp³-hybridized carbons (Fsp3) is 0.320. The van der Waals surface area contributed by atoms with E-state index >= 15 is 0 Å². The standard InChI is InChI=1S/C25H29N7O3S/c26-36(34,35)21-10-6-17(7-11-21)15-27-23-22(18-8-9-18)16-28-24(31-23)29-19-4-3-5-20(14-19)30-25(33)32-12-1-2-13-32/h3-7,10-11,14,16,18H,1-2,8-9,12-13,15H2,(H,30,33)(H2,26,34,35)(H2,27,28,29,31). The Balaban J connectivity index is 1.28. The third-order valence-electron chi connectivity index (χ3n) is 6.31. The Morgan fingerprint density at radius 2 is 1.78 bits per heavy atom. The number of nitrogens with one attached hydrogen (secondary N) is 3. The van der Waals surface area contributed by atoms with E-state index in [9.17, 15) is 13.2 Å². The summed E-state index contributed by atoms with van der Waals surface area (Å²) in [6.45, 7) is 2.05. The molecule has 1 aromatic heterocycles. The highest BCUT2D eigenvalue weighted by molar-refractivity contribution is 7.89. The van der Waals surface area contributed by atoms with Crippen molar-refractivity contribution in [3.8, 4) is 0 Å². The smallest absolute Gasteiger partial charge is 0.321 e. The molecule has 0 bridgehead atoms. The lowest BCUT2D eigenvalue weighted by Crippen LogP contribution is -2.32. The number of sulfonamides is 1. The lowest BCUT2D eigenvalue weighted by Gasteiger charge is -2.17. The van der Waals surface area contributed by atoms with Gasteiger partial charge in [-0.15, -0.1) is 0 Å². The van der Waals surface area contributed by atoms with E-state index in [1.807, 2.05) is 35.4 Å². The number of primary sulfonamides is 1. The van der Waals surface area contributed by atoms with Crippen LogP contribution in [0, 0.1) is 0 Å². The lowest BCUT2D eigenvalue weighted by molar-refractivity contribution is 0.222. The number of anilines is 4. The highest BCUT2D eigenvalue weighted by atomic mass is 32.2. The molecule has 11 heteroatoms. The van der Waals surface area contributed by atoms with Gasteiger partial charge in [-0.2, -0.15) is 4.98 Å². The maximum Gasteiger partial charge on any atom is 0.321 e. The van der Waals surface area contributed by atoms with Crippen molar-refractivity contribution >= 4 is 39.2 Å². The van der Waals surface area contributed by atoms with Crippen molar-refractivity contribution < 1.29 is 13.2 Å². The van der Waals surface area contributed by atoms with Crippen LogP contribution in [0.2, 0.25) is 0 Å². The molecule has 0 unspecified atom stereocenters. The first-order valence-corrected chi connectivity index (χ1v) is 13.6. The number of likely N-dealkylation sites (tertiary alicyclic amines) is 1. The normalized spacial score (nSPS) is 15.5. The van der Waals surface area contributed by atoms with Crippen LogP contribution in [0.3, 0.4) is 0 Å². The van der Waals surface area contributed by atoms with Gasteiger partial charge in [0.15, 0.2) is 0 Å². The van der Waals surface area contributed by atoms with Gasteiger partial charge in [0.2, 0.25) is 16.0 Å². The molecule has 1 aliphatic heterocycles. The molecule has 188 valence electrons. The Labute approximate surface area is 210 Å². The molecule has 2 aliphatic rings. The van der Waals surface area contributed by atoms with Crippen molar-refractivity contribution in [2.24, 2.45) is 5.14 Å². The van der Waals surface area contributed by atoms with Crippen LogP contribution in [0.25, 0.3) is 0 Å². The average Bonchev–Trinajstić information content (AvgIpc) is 3.55. The highest BCUT2D eigenvalue weighted by Crippen LogP contribution is 2.43. The van der Waals surface area contributed by atoms with Gasteiger partial charge in [-0.1, -0.05) is 18.2 Å². The summed E-state index contributed by atoms with van der Waals surface area (Å²) in [4.78, 5) is 23.5. The molecular formula is C25H29N7O3S. The molecule has 0 spiro atoms. The van der Waals surface area contributed by atoms with Crippen LogP contribution in [-0.4, -0.2) is 42.4 Å². The predicted octanol–water partition coefficient (Wildman–Crippen LogP) is 3.98. The van der Waals surface area contributed by atoms with E-state index in [0.29, 0.717) is 24.1 Å². The summed E-state index contributed by atoms with van der Waals surface area (Å²) in [6, 6.07) is 13.8. The Morgan fingerprint density at radius 1 is 1.06 bits per heavy atom. The van der Waals surface area contributed by atoms with Crippen LogP contribution in [0.15, 0.2) is 59.6 Å². The van der Waals surface area contributed by atoms with Gasteiger partial charge in [0.05, 0.1) is 4.90 Å². The maximum atomic E-state index is 12.4. The maximum absolute atomic E-state index is 12.4. The van der Waals surface area contributed by atoms with E-state index in [1.165, 1.54) is 12.1 Å². The number of hydrogen-bond donors (Lipinski definition) is 4. The molecule has 2 aromatic carbocycles. The van der Waals surface area contributed by atoms with Gasteiger partial charge in [-0.3, -0.25) is 0 Å². The number of nitrogens with two attached hydrogens (primary N) is 1. The van der Waals surface area contributed by atoms with Crippen LogP contribution >= 0.6 is 0 Å². The van der Waals surface area contributed by atoms with Crippen LogP contribution < -0.4 is 21.1 Å². The van der Waals surface area contributed by atoms with E-state index in [4.69, 9.17) is 10.1 Å². The number of carbonyl (C=O) groups excluding carboxylic acids is 1. The zero-order valence-corrected chi connectivity index (χ0v) is 20.6. The second kappa shape index (κ2) is 10.1. The summed E-state index contributed by atoms with van der Waals surface area (Å²) in [5, 5.41) is 14.7. The largest absolute Gasteiger partial charge is 0.366 e. The number of urea groups is 1. The molecule has 36 heavy (non-hydrogen) atoms. The SMILES string of the molecule is NS(=O)(=O)c1ccc(CNc2nc(Nc3cccc(NC(=O)N4CCCC4)c3)ncc2C2CC2)cc1. The second-order valence-corrected chi connectivity index (χ2v) is 10.7. The molecule has 3 aromatic rings. The van der Waals surface area contributed by atoms with E-state index in [1.54, 1.807) is 12.1 Å². The molecule has 5 N–H and O–H groups in total. The summed E-state index contributed by atoms with van der Waals surface area (Å²) in [5.41, 5.74) is 3.43. The van der Waals surface area contributed by atoms with Gasteiger partial charge < -0.3 is 20.9 Å². The average molecular weight is 508 g/mol. The van der Waals surface area contributed by atoms with Crippen molar-refractivity contribution in [3.05, 3.63) is 65.9 Å². The van der Waals surface area contributed by atoms with E-state index in [0.717, 1.165) is 61.4 Å². The van der Waals surface area contributed by atoms with Gasteiger partial charge in [-0.05, 0) is 67.5 Å². The van der Waals surface area contributed by atoms with Crippen LogP contribution in [0.4, 0.5) is 27.9 Å². The minimum absolute atomic E-state index is 0.0808. The summed E-state index contributed by atoms with van der Waals surface area (Å²) in [6.07, 6.45) is 6.14. The molecule has 1 saturated carbocycles. The lowest BCUT2D eigenvalue weighted by atomic mass is 10.2. The number of hydrogen-bond acceptors (Lipinski definition) is 7. The first-order valence-electron chi connectivity index (χ1n) is 12.0. The van der Waals surface area contributed by atoms with Gasteiger partial charge in [0.25, 0.3) is 0 Å². The minimum atomic E-state index is -3.72. The molecule has 10 nitrogen and oxygen atoms in total. The first kappa shape index (κ1) is 24.0. The van der Waals surface area contributed by atoms with E-state index in [-0.39, 0.29) is 10.9 Å². The van der Waals surface area contributed by atoms with Crippen LogP contribution in [-0.2, 0) is 16.6 Å². The number of benzene rings is 2. The van der Waals surface area contributed by atoms with E-state index in [2.05, 4.69) is 20.9 Å². The molecule has 0 atom stereocenters. The van der Waals surface area contributed by atoms with Crippen LogP contribution in [0.1, 0.15) is 42.7 Å². The van der Waals surface area contributed by atoms with Crippen LogP contribution in [0.5, 0.6) is 0 Å². The fourth-order valence-electron chi connectivity index (χ4n) is 4.20. The summed E-state index contributed by atoms with van der Waals surface area (Å²) >= 11 is 0. The monoisotopic (exact) mass is 507 g/mol. The fourth-order valence-corrected chi connectivity index (χ4v) is 4.71. The highest BCUT2D eigenvalue weighted by Gasteiger charge is 2.27. The van der Waals surface area contributed by atoms with Crippen molar-refractivity contribution in [2.45, 2.75) is 43.0 Å². The number of amides is 2. The van der Waals surface area contributed by atoms with Crippen molar-refractivity contribution in [1.82, 2.24) is 14.9 Å². The Bertz CT molecular complexity index is 1350. The third-order valence-corrected chi connectivity index (χ3v) is 7.24.